The van der Waals surface area contributed by atoms with Crippen molar-refractivity contribution in [2.75, 3.05) is 0 Å². The first-order chi connectivity index (χ1) is 9.48. The monoisotopic (exact) mass is 332 g/mol. The fourth-order valence-corrected chi connectivity index (χ4v) is 3.17. The third-order valence-corrected chi connectivity index (χ3v) is 4.37. The van der Waals surface area contributed by atoms with E-state index in [0.29, 0.717) is 6.42 Å². The van der Waals surface area contributed by atoms with E-state index < -0.39 is 11.7 Å². The van der Waals surface area contributed by atoms with E-state index in [0.717, 1.165) is 21.3 Å². The SMILES string of the molecule is Cc1cccc(C2(C)C[C@H](O)c3cc(Br)ccc3O2)c1. The van der Waals surface area contributed by atoms with Crippen LogP contribution in [0.2, 0.25) is 0 Å². The van der Waals surface area contributed by atoms with Gasteiger partial charge in [0.05, 0.1) is 6.10 Å². The summed E-state index contributed by atoms with van der Waals surface area (Å²) in [6.45, 7) is 4.10. The average Bonchev–Trinajstić information content (AvgIpc) is 2.40. The highest BCUT2D eigenvalue weighted by atomic mass is 79.9. The molecule has 0 saturated carbocycles. The number of fused-ring (bicyclic) bond motifs is 1. The van der Waals surface area contributed by atoms with Crippen LogP contribution in [0.4, 0.5) is 0 Å². The van der Waals surface area contributed by atoms with Crippen molar-refractivity contribution in [3.05, 3.63) is 63.6 Å². The lowest BCUT2D eigenvalue weighted by atomic mass is 9.84. The second-order valence-electron chi connectivity index (χ2n) is 5.60. The Hall–Kier alpha value is -1.32. The Bertz CT molecular complexity index is 653. The van der Waals surface area contributed by atoms with Crippen molar-refractivity contribution >= 4 is 15.9 Å². The third kappa shape index (κ3) is 2.36. The van der Waals surface area contributed by atoms with Gasteiger partial charge in [0.1, 0.15) is 11.4 Å². The summed E-state index contributed by atoms with van der Waals surface area (Å²) in [6, 6.07) is 14.1. The highest BCUT2D eigenvalue weighted by molar-refractivity contribution is 9.10. The number of aliphatic hydroxyl groups excluding tert-OH is 1. The second-order valence-corrected chi connectivity index (χ2v) is 6.52. The van der Waals surface area contributed by atoms with E-state index in [9.17, 15) is 5.11 Å². The Morgan fingerprint density at radius 2 is 2.05 bits per heavy atom. The highest BCUT2D eigenvalue weighted by Gasteiger charge is 2.38. The fourth-order valence-electron chi connectivity index (χ4n) is 2.79. The van der Waals surface area contributed by atoms with E-state index in [1.807, 2.05) is 31.2 Å². The molecular weight excluding hydrogens is 316 g/mol. The molecular formula is C17H17BrO2. The first kappa shape index (κ1) is 13.7. The molecule has 2 nitrogen and oxygen atoms in total. The topological polar surface area (TPSA) is 29.5 Å². The maximum absolute atomic E-state index is 10.5. The quantitative estimate of drug-likeness (QED) is 0.833. The van der Waals surface area contributed by atoms with Crippen LogP contribution in [0.3, 0.4) is 0 Å². The van der Waals surface area contributed by atoms with Gasteiger partial charge in [-0.3, -0.25) is 0 Å². The zero-order valence-electron chi connectivity index (χ0n) is 11.6. The maximum Gasteiger partial charge on any atom is 0.134 e. The largest absolute Gasteiger partial charge is 0.482 e. The number of hydrogen-bond acceptors (Lipinski definition) is 2. The van der Waals surface area contributed by atoms with Crippen LogP contribution in [0.25, 0.3) is 0 Å². The summed E-state index contributed by atoms with van der Waals surface area (Å²) in [5.74, 6) is 0.760. The van der Waals surface area contributed by atoms with Gasteiger partial charge in [-0.05, 0) is 37.6 Å². The Labute approximate surface area is 127 Å². The molecule has 0 aromatic heterocycles. The number of halogens is 1. The van der Waals surface area contributed by atoms with E-state index in [4.69, 9.17) is 4.74 Å². The molecule has 0 saturated heterocycles. The minimum Gasteiger partial charge on any atom is -0.482 e. The molecule has 2 aromatic rings. The van der Waals surface area contributed by atoms with Gasteiger partial charge in [-0.2, -0.15) is 0 Å². The van der Waals surface area contributed by atoms with Crippen molar-refractivity contribution in [3.8, 4) is 5.75 Å². The van der Waals surface area contributed by atoms with Crippen LogP contribution in [0, 0.1) is 6.92 Å². The first-order valence-electron chi connectivity index (χ1n) is 6.72. The molecule has 1 aliphatic rings. The molecule has 104 valence electrons. The van der Waals surface area contributed by atoms with Crippen LogP contribution < -0.4 is 4.74 Å². The van der Waals surface area contributed by atoms with E-state index in [1.165, 1.54) is 5.56 Å². The van der Waals surface area contributed by atoms with E-state index in [-0.39, 0.29) is 0 Å². The summed E-state index contributed by atoms with van der Waals surface area (Å²) < 4.78 is 7.16. The van der Waals surface area contributed by atoms with E-state index in [2.05, 4.69) is 41.1 Å². The predicted molar refractivity (Wildman–Crippen MR) is 82.9 cm³/mol. The van der Waals surface area contributed by atoms with Crippen LogP contribution in [-0.2, 0) is 5.60 Å². The first-order valence-corrected chi connectivity index (χ1v) is 7.51. The van der Waals surface area contributed by atoms with Crippen molar-refractivity contribution < 1.29 is 9.84 Å². The molecule has 0 spiro atoms. The van der Waals surface area contributed by atoms with Crippen LogP contribution in [0.1, 0.15) is 36.1 Å². The van der Waals surface area contributed by atoms with Gasteiger partial charge in [-0.15, -0.1) is 0 Å². The zero-order valence-corrected chi connectivity index (χ0v) is 13.1. The smallest absolute Gasteiger partial charge is 0.134 e. The van der Waals surface area contributed by atoms with Crippen LogP contribution in [0.5, 0.6) is 5.75 Å². The molecule has 0 aliphatic carbocycles. The molecule has 1 N–H and O–H groups in total. The molecule has 1 aliphatic heterocycles. The summed E-state index contributed by atoms with van der Waals surface area (Å²) >= 11 is 3.43. The third-order valence-electron chi connectivity index (χ3n) is 3.88. The summed E-state index contributed by atoms with van der Waals surface area (Å²) in [6.07, 6.45) is 0.0432. The second kappa shape index (κ2) is 4.90. The van der Waals surface area contributed by atoms with Crippen LogP contribution >= 0.6 is 15.9 Å². The Morgan fingerprint density at radius 3 is 2.80 bits per heavy atom. The summed E-state index contributed by atoms with van der Waals surface area (Å²) in [4.78, 5) is 0. The van der Waals surface area contributed by atoms with Crippen molar-refractivity contribution in [1.82, 2.24) is 0 Å². The molecule has 3 heteroatoms. The zero-order chi connectivity index (χ0) is 14.3. The van der Waals surface area contributed by atoms with Gasteiger partial charge < -0.3 is 9.84 Å². The molecule has 20 heavy (non-hydrogen) atoms. The molecule has 2 aromatic carbocycles. The molecule has 0 fully saturated rings. The van der Waals surface area contributed by atoms with Crippen LogP contribution in [-0.4, -0.2) is 5.11 Å². The summed E-state index contributed by atoms with van der Waals surface area (Å²) in [5.41, 5.74) is 2.66. The van der Waals surface area contributed by atoms with Crippen LogP contribution in [0.15, 0.2) is 46.9 Å². The molecule has 0 amide bonds. The van der Waals surface area contributed by atoms with Crippen molar-refractivity contribution in [2.24, 2.45) is 0 Å². The number of ether oxygens (including phenoxy) is 1. The summed E-state index contributed by atoms with van der Waals surface area (Å²) in [5, 5.41) is 10.5. The van der Waals surface area contributed by atoms with Gasteiger partial charge in [-0.1, -0.05) is 45.8 Å². The van der Waals surface area contributed by atoms with Gasteiger partial charge in [-0.25, -0.2) is 0 Å². The molecule has 3 rings (SSSR count). The normalized spacial score (nSPS) is 24.9. The lowest BCUT2D eigenvalue weighted by Crippen LogP contribution is -2.35. The molecule has 1 heterocycles. The Morgan fingerprint density at radius 1 is 1.25 bits per heavy atom. The van der Waals surface area contributed by atoms with Gasteiger partial charge in [0.25, 0.3) is 0 Å². The lowest BCUT2D eigenvalue weighted by molar-refractivity contribution is -0.00493. The fraction of sp³-hybridized carbons (Fsp3) is 0.294. The van der Waals surface area contributed by atoms with Gasteiger partial charge >= 0.3 is 0 Å². The molecule has 0 bridgehead atoms. The van der Waals surface area contributed by atoms with Gasteiger partial charge in [0.15, 0.2) is 0 Å². The maximum atomic E-state index is 10.5. The van der Waals surface area contributed by atoms with Crippen molar-refractivity contribution in [1.29, 1.82) is 0 Å². The number of benzene rings is 2. The summed E-state index contributed by atoms with van der Waals surface area (Å²) in [7, 11) is 0. The Balaban J connectivity index is 2.04. The minimum atomic E-state index is -0.512. The van der Waals surface area contributed by atoms with E-state index >= 15 is 0 Å². The molecule has 0 radical (unpaired) electrons. The standard InChI is InChI=1S/C17H17BrO2/c1-11-4-3-5-12(8-11)17(2)10-15(19)14-9-13(18)6-7-16(14)20-17/h3-9,15,19H,10H2,1-2H3/t15-,17?/m0/s1. The van der Waals surface area contributed by atoms with Crippen molar-refractivity contribution in [2.45, 2.75) is 32.0 Å². The molecule has 2 atom stereocenters. The lowest BCUT2D eigenvalue weighted by Gasteiger charge is -2.38. The minimum absolute atomic E-state index is 0.494. The van der Waals surface area contributed by atoms with Crippen molar-refractivity contribution in [3.63, 3.8) is 0 Å². The number of rotatable bonds is 1. The average molecular weight is 333 g/mol. The Kier molecular flexibility index (Phi) is 3.35. The number of hydrogen-bond donors (Lipinski definition) is 1. The molecule has 1 unspecified atom stereocenters. The highest BCUT2D eigenvalue weighted by Crippen LogP contribution is 2.45. The van der Waals surface area contributed by atoms with Gasteiger partial charge in [0.2, 0.25) is 0 Å². The number of aliphatic hydroxyl groups is 1. The van der Waals surface area contributed by atoms with E-state index in [1.54, 1.807) is 0 Å². The van der Waals surface area contributed by atoms with Gasteiger partial charge in [0, 0.05) is 16.5 Å². The predicted octanol–water partition coefficient (Wildman–Crippen LogP) is 4.49. The number of aryl methyl sites for hydroxylation is 1.